The number of anilines is 1. The van der Waals surface area contributed by atoms with E-state index in [1.54, 1.807) is 13.1 Å². The maximum atomic E-state index is 9.50. The van der Waals surface area contributed by atoms with Crippen molar-refractivity contribution in [2.24, 2.45) is 0 Å². The standard InChI is InChI=1S/C16H19ClN2O/c1-11(13-5-4-6-15(17)9-13)19(3)16-8-7-14(10-18-16)12(2)20/h4-12,20H,1-3H3/t11?,12-/m0/s1. The average molecular weight is 291 g/mol. The third-order valence-corrected chi connectivity index (χ3v) is 3.76. The first-order valence-electron chi connectivity index (χ1n) is 6.61. The van der Waals surface area contributed by atoms with Crippen LogP contribution in [0.25, 0.3) is 0 Å². The van der Waals surface area contributed by atoms with Crippen LogP contribution in [0.5, 0.6) is 0 Å². The van der Waals surface area contributed by atoms with Crippen LogP contribution >= 0.6 is 11.6 Å². The summed E-state index contributed by atoms with van der Waals surface area (Å²) in [4.78, 5) is 6.48. The van der Waals surface area contributed by atoms with Gasteiger partial charge in [0.05, 0.1) is 12.1 Å². The summed E-state index contributed by atoms with van der Waals surface area (Å²) in [7, 11) is 2.00. The zero-order valence-electron chi connectivity index (χ0n) is 11.9. The number of hydrogen-bond donors (Lipinski definition) is 1. The van der Waals surface area contributed by atoms with Gasteiger partial charge in [0.15, 0.2) is 0 Å². The summed E-state index contributed by atoms with van der Waals surface area (Å²) < 4.78 is 0. The molecule has 1 aromatic heterocycles. The lowest BCUT2D eigenvalue weighted by Crippen LogP contribution is -2.22. The molecule has 0 aliphatic carbocycles. The van der Waals surface area contributed by atoms with Crippen LogP contribution in [-0.4, -0.2) is 17.1 Å². The first kappa shape index (κ1) is 14.8. The molecule has 20 heavy (non-hydrogen) atoms. The molecule has 2 rings (SSSR count). The van der Waals surface area contributed by atoms with Gasteiger partial charge in [-0.05, 0) is 43.2 Å². The predicted octanol–water partition coefficient (Wildman–Crippen LogP) is 3.99. The van der Waals surface area contributed by atoms with Crippen LogP contribution in [0.1, 0.15) is 37.1 Å². The highest BCUT2D eigenvalue weighted by Crippen LogP contribution is 2.26. The Labute approximate surface area is 124 Å². The van der Waals surface area contributed by atoms with Gasteiger partial charge in [0, 0.05) is 18.3 Å². The topological polar surface area (TPSA) is 36.4 Å². The second-order valence-corrected chi connectivity index (χ2v) is 5.40. The van der Waals surface area contributed by atoms with Crippen molar-refractivity contribution in [3.63, 3.8) is 0 Å². The minimum atomic E-state index is -0.493. The fourth-order valence-electron chi connectivity index (χ4n) is 2.04. The highest BCUT2D eigenvalue weighted by molar-refractivity contribution is 6.30. The molecule has 2 atom stereocenters. The van der Waals surface area contributed by atoms with E-state index in [0.717, 1.165) is 22.0 Å². The SMILES string of the molecule is CC(c1cccc(Cl)c1)N(C)c1ccc([C@H](C)O)cn1. The van der Waals surface area contributed by atoms with Gasteiger partial charge < -0.3 is 10.0 Å². The molecule has 0 bridgehead atoms. The maximum absolute atomic E-state index is 9.50. The second kappa shape index (κ2) is 6.25. The van der Waals surface area contributed by atoms with Gasteiger partial charge in [-0.3, -0.25) is 0 Å². The Morgan fingerprint density at radius 3 is 2.45 bits per heavy atom. The molecule has 0 radical (unpaired) electrons. The van der Waals surface area contributed by atoms with Gasteiger partial charge in [-0.2, -0.15) is 0 Å². The number of rotatable bonds is 4. The molecule has 3 nitrogen and oxygen atoms in total. The van der Waals surface area contributed by atoms with Gasteiger partial charge in [-0.1, -0.05) is 29.8 Å². The number of pyridine rings is 1. The lowest BCUT2D eigenvalue weighted by molar-refractivity contribution is 0.199. The van der Waals surface area contributed by atoms with Crippen LogP contribution in [-0.2, 0) is 0 Å². The van der Waals surface area contributed by atoms with E-state index in [-0.39, 0.29) is 6.04 Å². The molecule has 2 aromatic rings. The maximum Gasteiger partial charge on any atom is 0.128 e. The Morgan fingerprint density at radius 2 is 1.90 bits per heavy atom. The van der Waals surface area contributed by atoms with E-state index in [9.17, 15) is 5.11 Å². The van der Waals surface area contributed by atoms with Gasteiger partial charge in [0.1, 0.15) is 5.82 Å². The van der Waals surface area contributed by atoms with Crippen LogP contribution in [0, 0.1) is 0 Å². The van der Waals surface area contributed by atoms with Gasteiger partial charge in [0.2, 0.25) is 0 Å². The number of aliphatic hydroxyl groups excluding tert-OH is 1. The van der Waals surface area contributed by atoms with Crippen molar-refractivity contribution in [1.29, 1.82) is 0 Å². The number of halogens is 1. The fourth-order valence-corrected chi connectivity index (χ4v) is 2.24. The van der Waals surface area contributed by atoms with Crippen molar-refractivity contribution in [3.05, 3.63) is 58.7 Å². The molecule has 1 aromatic carbocycles. The Hall–Kier alpha value is -1.58. The number of aromatic nitrogens is 1. The van der Waals surface area contributed by atoms with Crippen molar-refractivity contribution in [2.75, 3.05) is 11.9 Å². The minimum Gasteiger partial charge on any atom is -0.389 e. The number of benzene rings is 1. The molecule has 0 saturated heterocycles. The highest BCUT2D eigenvalue weighted by Gasteiger charge is 2.14. The summed E-state index contributed by atoms with van der Waals surface area (Å²) >= 11 is 6.03. The van der Waals surface area contributed by atoms with Gasteiger partial charge in [0.25, 0.3) is 0 Å². The summed E-state index contributed by atoms with van der Waals surface area (Å²) in [6, 6.07) is 11.8. The lowest BCUT2D eigenvalue weighted by Gasteiger charge is -2.26. The molecule has 106 valence electrons. The molecule has 1 heterocycles. The van der Waals surface area contributed by atoms with E-state index >= 15 is 0 Å². The molecular weight excluding hydrogens is 272 g/mol. The van der Waals surface area contributed by atoms with E-state index in [2.05, 4.69) is 22.9 Å². The molecule has 0 saturated carbocycles. The quantitative estimate of drug-likeness (QED) is 0.925. The smallest absolute Gasteiger partial charge is 0.128 e. The molecule has 0 aliphatic heterocycles. The van der Waals surface area contributed by atoms with Crippen molar-refractivity contribution in [3.8, 4) is 0 Å². The van der Waals surface area contributed by atoms with Crippen molar-refractivity contribution in [2.45, 2.75) is 26.0 Å². The Morgan fingerprint density at radius 1 is 1.15 bits per heavy atom. The zero-order chi connectivity index (χ0) is 14.7. The number of nitrogens with zero attached hydrogens (tertiary/aromatic N) is 2. The van der Waals surface area contributed by atoms with Crippen LogP contribution in [0.2, 0.25) is 5.02 Å². The summed E-state index contributed by atoms with van der Waals surface area (Å²) in [5.41, 5.74) is 1.96. The first-order chi connectivity index (χ1) is 9.49. The molecule has 0 aliphatic rings. The second-order valence-electron chi connectivity index (χ2n) is 4.97. The third kappa shape index (κ3) is 3.30. The van der Waals surface area contributed by atoms with Crippen molar-refractivity contribution in [1.82, 2.24) is 4.98 Å². The van der Waals surface area contributed by atoms with Gasteiger partial charge in [-0.15, -0.1) is 0 Å². The number of hydrogen-bond acceptors (Lipinski definition) is 3. The summed E-state index contributed by atoms with van der Waals surface area (Å²) in [6.45, 7) is 3.84. The van der Waals surface area contributed by atoms with Crippen molar-refractivity contribution < 1.29 is 5.11 Å². The molecule has 0 fully saturated rings. The molecular formula is C16H19ClN2O. The summed E-state index contributed by atoms with van der Waals surface area (Å²) in [5.74, 6) is 0.863. The largest absolute Gasteiger partial charge is 0.389 e. The van der Waals surface area contributed by atoms with E-state index in [0.29, 0.717) is 0 Å². The summed E-state index contributed by atoms with van der Waals surface area (Å²) in [5, 5.41) is 10.2. The molecule has 0 spiro atoms. The average Bonchev–Trinajstić information content (AvgIpc) is 2.46. The van der Waals surface area contributed by atoms with Gasteiger partial charge >= 0.3 is 0 Å². The highest BCUT2D eigenvalue weighted by atomic mass is 35.5. The van der Waals surface area contributed by atoms with Crippen molar-refractivity contribution >= 4 is 17.4 Å². The van der Waals surface area contributed by atoms with Crippen LogP contribution in [0.4, 0.5) is 5.82 Å². The summed E-state index contributed by atoms with van der Waals surface area (Å²) in [6.07, 6.45) is 1.22. The van der Waals surface area contributed by atoms with E-state index < -0.39 is 6.10 Å². The zero-order valence-corrected chi connectivity index (χ0v) is 12.7. The lowest BCUT2D eigenvalue weighted by atomic mass is 10.1. The molecule has 0 amide bonds. The molecule has 4 heteroatoms. The Balaban J connectivity index is 2.20. The normalized spacial score (nSPS) is 13.8. The Kier molecular flexibility index (Phi) is 4.63. The fraction of sp³-hybridized carbons (Fsp3) is 0.312. The molecule has 1 N–H and O–H groups in total. The van der Waals surface area contributed by atoms with Gasteiger partial charge in [-0.25, -0.2) is 4.98 Å². The van der Waals surface area contributed by atoms with E-state index in [1.165, 1.54) is 0 Å². The monoisotopic (exact) mass is 290 g/mol. The first-order valence-corrected chi connectivity index (χ1v) is 6.99. The van der Waals surface area contributed by atoms with Crippen LogP contribution in [0.15, 0.2) is 42.6 Å². The van der Waals surface area contributed by atoms with E-state index in [1.807, 2.05) is 37.4 Å². The molecule has 1 unspecified atom stereocenters. The minimum absolute atomic E-state index is 0.165. The van der Waals surface area contributed by atoms with Crippen LogP contribution < -0.4 is 4.90 Å². The Bertz CT molecular complexity index is 569. The van der Waals surface area contributed by atoms with Crippen LogP contribution in [0.3, 0.4) is 0 Å². The third-order valence-electron chi connectivity index (χ3n) is 3.53. The number of aliphatic hydroxyl groups is 1. The predicted molar refractivity (Wildman–Crippen MR) is 83.1 cm³/mol. The van der Waals surface area contributed by atoms with E-state index in [4.69, 9.17) is 11.6 Å².